The van der Waals surface area contributed by atoms with Crippen LogP contribution in [-0.4, -0.2) is 35.2 Å². The van der Waals surface area contributed by atoms with Crippen LogP contribution in [0.25, 0.3) is 0 Å². The van der Waals surface area contributed by atoms with E-state index in [4.69, 9.17) is 0 Å². The van der Waals surface area contributed by atoms with Crippen LogP contribution in [0.4, 0.5) is 4.39 Å². The third-order valence-corrected chi connectivity index (χ3v) is 4.85. The number of phenols is 1. The van der Waals surface area contributed by atoms with E-state index >= 15 is 0 Å². The quantitative estimate of drug-likeness (QED) is 0.892. The summed E-state index contributed by atoms with van der Waals surface area (Å²) < 4.78 is 13.1. The third-order valence-electron chi connectivity index (χ3n) is 4.85. The highest BCUT2D eigenvalue weighted by Crippen LogP contribution is 2.36. The molecule has 0 aromatic heterocycles. The summed E-state index contributed by atoms with van der Waals surface area (Å²) in [5.41, 5.74) is 0.830. The van der Waals surface area contributed by atoms with Gasteiger partial charge >= 0.3 is 0 Å². The minimum absolute atomic E-state index is 0.0718. The van der Waals surface area contributed by atoms with Gasteiger partial charge in [0.15, 0.2) is 0 Å². The Hall–Kier alpha value is -1.13. The van der Waals surface area contributed by atoms with E-state index in [0.717, 1.165) is 18.7 Å². The summed E-state index contributed by atoms with van der Waals surface area (Å²) in [7, 11) is 0. The van der Waals surface area contributed by atoms with Gasteiger partial charge in [-0.3, -0.25) is 4.90 Å². The van der Waals surface area contributed by atoms with Gasteiger partial charge in [-0.25, -0.2) is 4.39 Å². The highest BCUT2D eigenvalue weighted by molar-refractivity contribution is 5.35. The predicted molar refractivity (Wildman–Crippen MR) is 77.2 cm³/mol. The number of benzene rings is 1. The Morgan fingerprint density at radius 3 is 2.90 bits per heavy atom. The van der Waals surface area contributed by atoms with Gasteiger partial charge in [0.2, 0.25) is 0 Å². The molecule has 3 rings (SSSR count). The maximum atomic E-state index is 13.1. The molecule has 2 N–H and O–H groups in total. The van der Waals surface area contributed by atoms with Crippen LogP contribution in [0.3, 0.4) is 0 Å². The Morgan fingerprint density at radius 1 is 1.35 bits per heavy atom. The molecule has 3 atom stereocenters. The molecule has 0 radical (unpaired) electrons. The van der Waals surface area contributed by atoms with E-state index in [0.29, 0.717) is 12.1 Å². The van der Waals surface area contributed by atoms with E-state index in [1.165, 1.54) is 37.8 Å². The van der Waals surface area contributed by atoms with Crippen LogP contribution < -0.4 is 5.32 Å². The van der Waals surface area contributed by atoms with E-state index in [1.54, 1.807) is 6.07 Å². The lowest BCUT2D eigenvalue weighted by Gasteiger charge is -2.34. The summed E-state index contributed by atoms with van der Waals surface area (Å²) in [6, 6.07) is 5.60. The summed E-state index contributed by atoms with van der Waals surface area (Å²) >= 11 is 0. The molecule has 2 aliphatic heterocycles. The van der Waals surface area contributed by atoms with Crippen molar-refractivity contribution in [2.75, 3.05) is 13.1 Å². The molecule has 1 aromatic carbocycles. The van der Waals surface area contributed by atoms with Crippen molar-refractivity contribution in [2.24, 2.45) is 0 Å². The van der Waals surface area contributed by atoms with Crippen molar-refractivity contribution in [2.45, 2.75) is 50.7 Å². The Morgan fingerprint density at radius 2 is 2.20 bits per heavy atom. The van der Waals surface area contributed by atoms with Crippen molar-refractivity contribution in [3.05, 3.63) is 29.6 Å². The van der Waals surface area contributed by atoms with Crippen LogP contribution in [0.1, 0.15) is 44.2 Å². The molecule has 0 amide bonds. The molecule has 2 aliphatic rings. The Balaban J connectivity index is 1.79. The molecule has 4 heteroatoms. The Labute approximate surface area is 119 Å². The first kappa shape index (κ1) is 13.8. The zero-order valence-corrected chi connectivity index (χ0v) is 12.0. The lowest BCUT2D eigenvalue weighted by molar-refractivity contribution is 0.161. The Kier molecular flexibility index (Phi) is 3.94. The molecule has 0 spiro atoms. The second kappa shape index (κ2) is 5.70. The molecule has 3 nitrogen and oxygen atoms in total. The van der Waals surface area contributed by atoms with Gasteiger partial charge in [0.1, 0.15) is 11.6 Å². The van der Waals surface area contributed by atoms with Gasteiger partial charge in [-0.05, 0) is 51.8 Å². The third kappa shape index (κ3) is 2.54. The van der Waals surface area contributed by atoms with Crippen molar-refractivity contribution in [3.63, 3.8) is 0 Å². The minimum atomic E-state index is -0.381. The number of nitrogens with zero attached hydrogens (tertiary/aromatic N) is 1. The maximum absolute atomic E-state index is 13.1. The van der Waals surface area contributed by atoms with Crippen LogP contribution in [0.15, 0.2) is 18.2 Å². The SMILES string of the molecule is CC(c1ccc(F)cc1O)N1CCCC1C1CCCN1. The second-order valence-electron chi connectivity index (χ2n) is 6.03. The number of halogens is 1. The molecule has 3 unspecified atom stereocenters. The fourth-order valence-corrected chi connectivity index (χ4v) is 3.82. The average molecular weight is 278 g/mol. The van der Waals surface area contributed by atoms with Crippen LogP contribution in [0, 0.1) is 5.82 Å². The fourth-order valence-electron chi connectivity index (χ4n) is 3.82. The number of rotatable bonds is 3. The zero-order valence-electron chi connectivity index (χ0n) is 12.0. The van der Waals surface area contributed by atoms with Gasteiger partial charge < -0.3 is 10.4 Å². The van der Waals surface area contributed by atoms with E-state index in [-0.39, 0.29) is 17.6 Å². The Bertz CT molecular complexity index is 474. The molecule has 20 heavy (non-hydrogen) atoms. The molecule has 1 aromatic rings. The molecule has 110 valence electrons. The number of aromatic hydroxyl groups is 1. The largest absolute Gasteiger partial charge is 0.508 e. The van der Waals surface area contributed by atoms with Crippen molar-refractivity contribution >= 4 is 0 Å². The van der Waals surface area contributed by atoms with Crippen molar-refractivity contribution < 1.29 is 9.50 Å². The highest BCUT2D eigenvalue weighted by atomic mass is 19.1. The van der Waals surface area contributed by atoms with E-state index in [2.05, 4.69) is 17.1 Å². The van der Waals surface area contributed by atoms with Crippen LogP contribution in [0.5, 0.6) is 5.75 Å². The van der Waals surface area contributed by atoms with Crippen molar-refractivity contribution in [1.29, 1.82) is 0 Å². The second-order valence-corrected chi connectivity index (χ2v) is 6.03. The number of nitrogens with one attached hydrogen (secondary N) is 1. The molecule has 2 heterocycles. The number of hydrogen-bond acceptors (Lipinski definition) is 3. The van der Waals surface area contributed by atoms with Gasteiger partial charge in [-0.1, -0.05) is 6.07 Å². The topological polar surface area (TPSA) is 35.5 Å². The maximum Gasteiger partial charge on any atom is 0.126 e. The van der Waals surface area contributed by atoms with Crippen molar-refractivity contribution in [3.8, 4) is 5.75 Å². The van der Waals surface area contributed by atoms with Crippen LogP contribution >= 0.6 is 0 Å². The van der Waals surface area contributed by atoms with E-state index in [1.807, 2.05) is 0 Å². The minimum Gasteiger partial charge on any atom is -0.508 e. The van der Waals surface area contributed by atoms with Crippen LogP contribution in [-0.2, 0) is 0 Å². The number of hydrogen-bond donors (Lipinski definition) is 2. The first-order chi connectivity index (χ1) is 9.66. The number of phenolic OH excluding ortho intramolecular Hbond substituents is 1. The van der Waals surface area contributed by atoms with E-state index in [9.17, 15) is 9.50 Å². The first-order valence-corrected chi connectivity index (χ1v) is 7.64. The monoisotopic (exact) mass is 278 g/mol. The summed E-state index contributed by atoms with van der Waals surface area (Å²) in [5.74, 6) is -0.309. The average Bonchev–Trinajstić information content (AvgIpc) is 3.09. The van der Waals surface area contributed by atoms with Crippen molar-refractivity contribution in [1.82, 2.24) is 10.2 Å². The smallest absolute Gasteiger partial charge is 0.126 e. The summed E-state index contributed by atoms with van der Waals surface area (Å²) in [6.07, 6.45) is 4.91. The molecule has 0 bridgehead atoms. The molecule has 2 saturated heterocycles. The van der Waals surface area contributed by atoms with Crippen LogP contribution in [0.2, 0.25) is 0 Å². The standard InChI is InChI=1S/C16H23FN2O/c1-11(13-7-6-12(17)10-16(13)20)19-9-3-5-15(19)14-4-2-8-18-14/h6-7,10-11,14-15,18,20H,2-5,8-9H2,1H3. The normalized spacial score (nSPS) is 28.9. The summed E-state index contributed by atoms with van der Waals surface area (Å²) in [6.45, 7) is 4.28. The van der Waals surface area contributed by atoms with Gasteiger partial charge in [-0.15, -0.1) is 0 Å². The van der Waals surface area contributed by atoms with E-state index < -0.39 is 0 Å². The summed E-state index contributed by atoms with van der Waals surface area (Å²) in [4.78, 5) is 2.47. The number of likely N-dealkylation sites (tertiary alicyclic amines) is 1. The molecular formula is C16H23FN2O. The summed E-state index contributed by atoms with van der Waals surface area (Å²) in [5, 5.41) is 13.6. The van der Waals surface area contributed by atoms with Gasteiger partial charge in [0.05, 0.1) is 0 Å². The first-order valence-electron chi connectivity index (χ1n) is 7.64. The highest BCUT2D eigenvalue weighted by Gasteiger charge is 2.36. The molecule has 2 fully saturated rings. The van der Waals surface area contributed by atoms with Gasteiger partial charge in [0.25, 0.3) is 0 Å². The van der Waals surface area contributed by atoms with Gasteiger partial charge in [0, 0.05) is 29.8 Å². The zero-order chi connectivity index (χ0) is 14.1. The predicted octanol–water partition coefficient (Wildman–Crippen LogP) is 2.81. The lowest BCUT2D eigenvalue weighted by Crippen LogP contribution is -2.44. The molecule has 0 saturated carbocycles. The lowest BCUT2D eigenvalue weighted by atomic mass is 10.00. The molecular weight excluding hydrogens is 255 g/mol. The van der Waals surface area contributed by atoms with Gasteiger partial charge in [-0.2, -0.15) is 0 Å². The fraction of sp³-hybridized carbons (Fsp3) is 0.625. The molecule has 0 aliphatic carbocycles.